The molecule has 3 rings (SSSR count). The van der Waals surface area contributed by atoms with E-state index in [0.717, 1.165) is 33.1 Å². The third-order valence-electron chi connectivity index (χ3n) is 4.43. The molecule has 0 aliphatic heterocycles. The Morgan fingerprint density at radius 1 is 1.18 bits per heavy atom. The number of nitrogens with one attached hydrogen (secondary N) is 1. The van der Waals surface area contributed by atoms with Crippen LogP contribution in [0.3, 0.4) is 0 Å². The van der Waals surface area contributed by atoms with Gasteiger partial charge in [-0.3, -0.25) is 9.69 Å². The number of thiazole rings is 1. The zero-order valence-corrected chi connectivity index (χ0v) is 17.4. The van der Waals surface area contributed by atoms with Gasteiger partial charge in [0.2, 0.25) is 5.91 Å². The van der Waals surface area contributed by atoms with Crippen molar-refractivity contribution in [3.05, 3.63) is 69.3 Å². The Labute approximate surface area is 169 Å². The predicted octanol–water partition coefficient (Wildman–Crippen LogP) is 4.94. The van der Waals surface area contributed by atoms with Crippen LogP contribution in [0.4, 0.5) is 10.1 Å². The minimum atomic E-state index is -0.275. The number of rotatable bonds is 6. The van der Waals surface area contributed by atoms with Crippen molar-refractivity contribution in [1.82, 2.24) is 9.88 Å². The van der Waals surface area contributed by atoms with Crippen LogP contribution in [0.1, 0.15) is 21.7 Å². The Hall–Kier alpha value is -2.57. The van der Waals surface area contributed by atoms with E-state index in [1.807, 2.05) is 44.2 Å². The van der Waals surface area contributed by atoms with Crippen LogP contribution in [-0.4, -0.2) is 29.4 Å². The lowest BCUT2D eigenvalue weighted by Crippen LogP contribution is -2.30. The topological polar surface area (TPSA) is 45.2 Å². The summed E-state index contributed by atoms with van der Waals surface area (Å²) in [5.74, 6) is -0.331. The van der Waals surface area contributed by atoms with E-state index in [4.69, 9.17) is 0 Å². The zero-order valence-electron chi connectivity index (χ0n) is 16.5. The molecule has 4 nitrogen and oxygen atoms in total. The number of hydrogen-bond acceptors (Lipinski definition) is 4. The molecule has 6 heteroatoms. The van der Waals surface area contributed by atoms with Gasteiger partial charge in [-0.05, 0) is 51.1 Å². The number of nitrogens with zero attached hydrogens (tertiary/aromatic N) is 2. The number of carbonyl (C=O) groups is 1. The molecule has 1 aromatic heterocycles. The fourth-order valence-corrected chi connectivity index (χ4v) is 4.13. The van der Waals surface area contributed by atoms with Crippen LogP contribution in [-0.2, 0) is 11.3 Å². The summed E-state index contributed by atoms with van der Waals surface area (Å²) in [6.07, 6.45) is 0. The largest absolute Gasteiger partial charge is 0.324 e. The molecule has 1 heterocycles. The smallest absolute Gasteiger partial charge is 0.238 e. The van der Waals surface area contributed by atoms with Crippen molar-refractivity contribution < 1.29 is 9.18 Å². The minimum absolute atomic E-state index is 0.0561. The summed E-state index contributed by atoms with van der Waals surface area (Å²) < 4.78 is 13.4. The van der Waals surface area contributed by atoms with Gasteiger partial charge in [-0.2, -0.15) is 0 Å². The molecule has 0 spiro atoms. The SMILES string of the molecule is Cc1cc(C)c(NC(=O)CN(C)Cc2nc(-c3cccc(F)c3)cs2)c(C)c1. The lowest BCUT2D eigenvalue weighted by Gasteiger charge is -2.17. The molecule has 0 fully saturated rings. The van der Waals surface area contributed by atoms with Gasteiger partial charge in [-0.15, -0.1) is 11.3 Å². The van der Waals surface area contributed by atoms with Crippen LogP contribution in [0.2, 0.25) is 0 Å². The van der Waals surface area contributed by atoms with E-state index in [1.165, 1.54) is 29.0 Å². The molecule has 0 atom stereocenters. The van der Waals surface area contributed by atoms with Gasteiger partial charge in [0.15, 0.2) is 0 Å². The van der Waals surface area contributed by atoms with Crippen LogP contribution >= 0.6 is 11.3 Å². The molecule has 1 amide bonds. The third-order valence-corrected chi connectivity index (χ3v) is 5.27. The first-order valence-corrected chi connectivity index (χ1v) is 9.96. The standard InChI is InChI=1S/C22H24FN3OS/c1-14-8-15(2)22(16(3)9-14)25-20(27)11-26(4)12-21-24-19(13-28-21)17-6-5-7-18(23)10-17/h5-10,13H,11-12H2,1-4H3,(H,25,27). The quantitative estimate of drug-likeness (QED) is 0.640. The lowest BCUT2D eigenvalue weighted by atomic mass is 10.1. The number of aromatic nitrogens is 1. The van der Waals surface area contributed by atoms with Crippen molar-refractivity contribution in [3.8, 4) is 11.3 Å². The number of likely N-dealkylation sites (N-methyl/N-ethyl adjacent to an activating group) is 1. The average Bonchev–Trinajstić information content (AvgIpc) is 3.06. The molecule has 146 valence electrons. The first-order valence-electron chi connectivity index (χ1n) is 9.08. The summed E-state index contributed by atoms with van der Waals surface area (Å²) in [6, 6.07) is 10.5. The molecular formula is C22H24FN3OS. The highest BCUT2D eigenvalue weighted by Gasteiger charge is 2.13. The van der Waals surface area contributed by atoms with Gasteiger partial charge in [-0.25, -0.2) is 9.37 Å². The molecule has 0 saturated heterocycles. The van der Waals surface area contributed by atoms with Crippen LogP contribution in [0.5, 0.6) is 0 Å². The number of anilines is 1. The normalized spacial score (nSPS) is 11.1. The monoisotopic (exact) mass is 397 g/mol. The summed E-state index contributed by atoms with van der Waals surface area (Å²) >= 11 is 1.51. The number of carbonyl (C=O) groups excluding carboxylic acids is 1. The second kappa shape index (κ2) is 8.63. The van der Waals surface area contributed by atoms with Crippen molar-refractivity contribution in [2.45, 2.75) is 27.3 Å². The Balaban J connectivity index is 1.60. The molecule has 0 radical (unpaired) electrons. The van der Waals surface area contributed by atoms with Gasteiger partial charge in [-0.1, -0.05) is 29.8 Å². The maximum absolute atomic E-state index is 13.4. The number of hydrogen-bond donors (Lipinski definition) is 1. The van der Waals surface area contributed by atoms with Gasteiger partial charge < -0.3 is 5.32 Å². The molecule has 0 unspecified atom stereocenters. The molecule has 0 bridgehead atoms. The van der Waals surface area contributed by atoms with Crippen LogP contribution in [0.15, 0.2) is 41.8 Å². The van der Waals surface area contributed by atoms with E-state index in [1.54, 1.807) is 6.07 Å². The summed E-state index contributed by atoms with van der Waals surface area (Å²) in [5.41, 5.74) is 5.70. The second-order valence-corrected chi connectivity index (χ2v) is 8.07. The van der Waals surface area contributed by atoms with Crippen molar-refractivity contribution in [2.75, 3.05) is 18.9 Å². The molecule has 0 saturated carbocycles. The Morgan fingerprint density at radius 2 is 1.89 bits per heavy atom. The van der Waals surface area contributed by atoms with Crippen molar-refractivity contribution >= 4 is 22.9 Å². The number of benzene rings is 2. The number of aryl methyl sites for hydroxylation is 3. The molecule has 3 aromatic rings. The van der Waals surface area contributed by atoms with Crippen LogP contribution < -0.4 is 5.32 Å². The molecule has 2 aromatic carbocycles. The summed E-state index contributed by atoms with van der Waals surface area (Å²) in [5, 5.41) is 5.82. The molecule has 0 aliphatic carbocycles. The fraction of sp³-hybridized carbons (Fsp3) is 0.273. The molecule has 1 N–H and O–H groups in total. The summed E-state index contributed by atoms with van der Waals surface area (Å²) in [6.45, 7) is 6.87. The Morgan fingerprint density at radius 3 is 2.57 bits per heavy atom. The lowest BCUT2D eigenvalue weighted by molar-refractivity contribution is -0.117. The van der Waals surface area contributed by atoms with E-state index in [0.29, 0.717) is 6.54 Å². The summed E-state index contributed by atoms with van der Waals surface area (Å²) in [7, 11) is 1.89. The highest BCUT2D eigenvalue weighted by Crippen LogP contribution is 2.24. The Bertz CT molecular complexity index is 976. The van der Waals surface area contributed by atoms with E-state index in [9.17, 15) is 9.18 Å². The highest BCUT2D eigenvalue weighted by atomic mass is 32.1. The van der Waals surface area contributed by atoms with Crippen LogP contribution in [0.25, 0.3) is 11.3 Å². The number of halogens is 1. The maximum atomic E-state index is 13.4. The van der Waals surface area contributed by atoms with E-state index >= 15 is 0 Å². The molecule has 0 aliphatic rings. The molecular weight excluding hydrogens is 373 g/mol. The first kappa shape index (κ1) is 20.2. The van der Waals surface area contributed by atoms with E-state index in [-0.39, 0.29) is 18.3 Å². The van der Waals surface area contributed by atoms with Crippen LogP contribution in [0, 0.1) is 26.6 Å². The maximum Gasteiger partial charge on any atom is 0.238 e. The fourth-order valence-electron chi connectivity index (χ4n) is 3.25. The second-order valence-electron chi connectivity index (χ2n) is 7.13. The first-order chi connectivity index (χ1) is 13.3. The van der Waals surface area contributed by atoms with Gasteiger partial charge in [0.1, 0.15) is 10.8 Å². The van der Waals surface area contributed by atoms with E-state index in [2.05, 4.69) is 22.4 Å². The van der Waals surface area contributed by atoms with Gasteiger partial charge >= 0.3 is 0 Å². The molecule has 28 heavy (non-hydrogen) atoms. The zero-order chi connectivity index (χ0) is 20.3. The minimum Gasteiger partial charge on any atom is -0.324 e. The average molecular weight is 398 g/mol. The number of amides is 1. The van der Waals surface area contributed by atoms with E-state index < -0.39 is 0 Å². The van der Waals surface area contributed by atoms with Crippen molar-refractivity contribution in [3.63, 3.8) is 0 Å². The third kappa shape index (κ3) is 5.03. The van der Waals surface area contributed by atoms with Gasteiger partial charge in [0.25, 0.3) is 0 Å². The van der Waals surface area contributed by atoms with Crippen molar-refractivity contribution in [2.24, 2.45) is 0 Å². The van der Waals surface area contributed by atoms with Crippen molar-refractivity contribution in [1.29, 1.82) is 0 Å². The van der Waals surface area contributed by atoms with Gasteiger partial charge in [0.05, 0.1) is 18.8 Å². The summed E-state index contributed by atoms with van der Waals surface area (Å²) in [4.78, 5) is 18.9. The highest BCUT2D eigenvalue weighted by molar-refractivity contribution is 7.09. The Kier molecular flexibility index (Phi) is 6.21. The predicted molar refractivity (Wildman–Crippen MR) is 113 cm³/mol. The van der Waals surface area contributed by atoms with Gasteiger partial charge in [0, 0.05) is 16.6 Å².